The van der Waals surface area contributed by atoms with Gasteiger partial charge >= 0.3 is 5.97 Å². The fourth-order valence-corrected chi connectivity index (χ4v) is 6.64. The zero-order valence-electron chi connectivity index (χ0n) is 25.2. The quantitative estimate of drug-likeness (QED) is 0.312. The monoisotopic (exact) mass is 657 g/mol. The molecule has 0 saturated carbocycles. The summed E-state index contributed by atoms with van der Waals surface area (Å²) >= 11 is 5.97. The molecule has 3 aliphatic heterocycles. The van der Waals surface area contributed by atoms with Gasteiger partial charge in [0.05, 0.1) is 22.8 Å². The summed E-state index contributed by atoms with van der Waals surface area (Å²) in [6.07, 6.45) is -0.604. The number of nitrogens with zero attached hydrogens (tertiary/aromatic N) is 6. The lowest BCUT2D eigenvalue weighted by molar-refractivity contribution is -0.148. The van der Waals surface area contributed by atoms with E-state index in [1.165, 1.54) is 41.3 Å². The maximum atomic E-state index is 14.8. The van der Waals surface area contributed by atoms with E-state index in [9.17, 15) is 23.9 Å². The Kier molecular flexibility index (Phi) is 7.84. The summed E-state index contributed by atoms with van der Waals surface area (Å²) in [6, 6.07) is 15.0. The van der Waals surface area contributed by atoms with Gasteiger partial charge in [-0.05, 0) is 66.9 Å². The number of carboxylic acid groups (broad SMARTS) is 1. The van der Waals surface area contributed by atoms with Gasteiger partial charge in [-0.1, -0.05) is 35.0 Å². The minimum Gasteiger partial charge on any atom is -0.478 e. The molecular formula is C33H29ClFN7O5. The molecule has 240 valence electrons. The maximum absolute atomic E-state index is 14.8. The lowest BCUT2D eigenvalue weighted by atomic mass is 9.89. The van der Waals surface area contributed by atoms with Gasteiger partial charge in [0.2, 0.25) is 6.10 Å². The Morgan fingerprint density at radius 3 is 2.60 bits per heavy atom. The number of halogens is 2. The SMILES string of the molecule is Cc1nnc2n1CCN(c1cccc3c1CCN(C(=O)C1CC(c4cccc(Cl)c4F)=NO1)[C@@H]3C(=O)Nc1ccc(C(=O)O)cc1)C2. The number of nitrogens with one attached hydrogen (secondary N) is 1. The summed E-state index contributed by atoms with van der Waals surface area (Å²) in [5.74, 6) is -0.977. The predicted octanol–water partition coefficient (Wildman–Crippen LogP) is 4.36. The molecule has 0 bridgehead atoms. The molecule has 47 heavy (non-hydrogen) atoms. The van der Waals surface area contributed by atoms with Crippen molar-refractivity contribution in [3.63, 3.8) is 0 Å². The van der Waals surface area contributed by atoms with Crippen molar-refractivity contribution in [2.45, 2.75) is 45.0 Å². The molecule has 3 aliphatic rings. The molecule has 14 heteroatoms. The molecule has 4 aromatic rings. The Bertz CT molecular complexity index is 1950. The third-order valence-electron chi connectivity index (χ3n) is 8.81. The van der Waals surface area contributed by atoms with Gasteiger partial charge in [-0.3, -0.25) is 9.59 Å². The van der Waals surface area contributed by atoms with E-state index in [4.69, 9.17) is 16.4 Å². The van der Waals surface area contributed by atoms with Crippen LogP contribution in [0.25, 0.3) is 0 Å². The molecule has 1 aromatic heterocycles. The van der Waals surface area contributed by atoms with Gasteiger partial charge in [0.15, 0.2) is 11.6 Å². The smallest absolute Gasteiger partial charge is 0.335 e. The van der Waals surface area contributed by atoms with E-state index in [-0.39, 0.29) is 34.8 Å². The normalized spacial score (nSPS) is 18.6. The van der Waals surface area contributed by atoms with Crippen LogP contribution in [0, 0.1) is 12.7 Å². The summed E-state index contributed by atoms with van der Waals surface area (Å²) in [5.41, 5.74) is 3.39. The maximum Gasteiger partial charge on any atom is 0.335 e. The number of carbonyl (C=O) groups is 3. The summed E-state index contributed by atoms with van der Waals surface area (Å²) in [6.45, 7) is 4.11. The van der Waals surface area contributed by atoms with Crippen LogP contribution in [-0.4, -0.2) is 67.5 Å². The molecule has 2 amide bonds. The molecule has 0 saturated heterocycles. The van der Waals surface area contributed by atoms with Crippen LogP contribution in [0.15, 0.2) is 65.8 Å². The van der Waals surface area contributed by atoms with Gasteiger partial charge < -0.3 is 29.6 Å². The minimum atomic E-state index is -1.09. The van der Waals surface area contributed by atoms with Gasteiger partial charge in [0.25, 0.3) is 11.8 Å². The Labute approximate surface area is 273 Å². The lowest BCUT2D eigenvalue weighted by Gasteiger charge is -2.40. The van der Waals surface area contributed by atoms with Crippen LogP contribution >= 0.6 is 11.6 Å². The number of fused-ring (bicyclic) bond motifs is 2. The Morgan fingerprint density at radius 1 is 1.02 bits per heavy atom. The van der Waals surface area contributed by atoms with Crippen LogP contribution in [0.4, 0.5) is 15.8 Å². The van der Waals surface area contributed by atoms with E-state index < -0.39 is 35.7 Å². The molecule has 2 atom stereocenters. The third kappa shape index (κ3) is 5.56. The third-order valence-corrected chi connectivity index (χ3v) is 9.10. The first-order valence-corrected chi connectivity index (χ1v) is 15.4. The highest BCUT2D eigenvalue weighted by Gasteiger charge is 2.42. The number of benzene rings is 3. The molecule has 0 fully saturated rings. The second-order valence-corrected chi connectivity index (χ2v) is 12.0. The van der Waals surface area contributed by atoms with E-state index in [0.29, 0.717) is 37.3 Å². The fraction of sp³-hybridized carbons (Fsp3) is 0.273. The molecule has 1 unspecified atom stereocenters. The molecule has 12 nitrogen and oxygen atoms in total. The standard InChI is InChI=1S/C33H29ClFN7O5/c1-18-37-38-28-17-40(14-15-41(18)28)26-7-3-4-22-21(26)12-13-42(30(22)31(43)36-20-10-8-19(9-11-20)33(45)46)32(44)27-16-25(39-47-27)23-5-2-6-24(34)29(23)35/h2-11,27,30H,12-17H2,1H3,(H,36,43)(H,45,46)/t27?,30-/m0/s1. The first kappa shape index (κ1) is 30.4. The Morgan fingerprint density at radius 2 is 1.81 bits per heavy atom. The Balaban J connectivity index is 1.20. The second-order valence-electron chi connectivity index (χ2n) is 11.6. The van der Waals surface area contributed by atoms with E-state index in [1.807, 2.05) is 25.1 Å². The fourth-order valence-electron chi connectivity index (χ4n) is 6.46. The zero-order valence-corrected chi connectivity index (χ0v) is 25.9. The number of aromatic carboxylic acids is 1. The van der Waals surface area contributed by atoms with Crippen molar-refractivity contribution < 1.29 is 28.7 Å². The number of rotatable bonds is 6. The van der Waals surface area contributed by atoms with Crippen molar-refractivity contribution in [2.24, 2.45) is 5.16 Å². The van der Waals surface area contributed by atoms with E-state index in [0.717, 1.165) is 22.9 Å². The first-order valence-electron chi connectivity index (χ1n) is 15.1. The summed E-state index contributed by atoms with van der Waals surface area (Å²) < 4.78 is 16.8. The predicted molar refractivity (Wildman–Crippen MR) is 170 cm³/mol. The number of hydrogen-bond donors (Lipinski definition) is 2. The number of aromatic nitrogens is 3. The lowest BCUT2D eigenvalue weighted by Crippen LogP contribution is -2.49. The van der Waals surface area contributed by atoms with E-state index in [2.05, 4.69) is 30.1 Å². The number of carbonyl (C=O) groups excluding carboxylic acids is 2. The zero-order chi connectivity index (χ0) is 32.8. The number of anilines is 2. The molecule has 3 aromatic carbocycles. The molecule has 0 spiro atoms. The number of oxime groups is 1. The number of aryl methyl sites for hydroxylation is 1. The number of hydrogen-bond acceptors (Lipinski definition) is 8. The second kappa shape index (κ2) is 12.1. The minimum absolute atomic E-state index is 0.00163. The van der Waals surface area contributed by atoms with Gasteiger partial charge in [-0.15, -0.1) is 10.2 Å². The van der Waals surface area contributed by atoms with Crippen molar-refractivity contribution in [3.8, 4) is 0 Å². The van der Waals surface area contributed by atoms with Crippen LogP contribution in [0.5, 0.6) is 0 Å². The molecule has 4 heterocycles. The van der Waals surface area contributed by atoms with Crippen LogP contribution in [0.1, 0.15) is 51.2 Å². The van der Waals surface area contributed by atoms with Crippen LogP contribution in [-0.2, 0) is 33.9 Å². The van der Waals surface area contributed by atoms with Gasteiger partial charge in [-0.2, -0.15) is 0 Å². The van der Waals surface area contributed by atoms with Crippen LogP contribution < -0.4 is 10.2 Å². The van der Waals surface area contributed by atoms with Crippen molar-refractivity contribution in [1.82, 2.24) is 19.7 Å². The largest absolute Gasteiger partial charge is 0.478 e. The average Bonchev–Trinajstić information content (AvgIpc) is 3.72. The van der Waals surface area contributed by atoms with Gasteiger partial charge in [0.1, 0.15) is 11.9 Å². The van der Waals surface area contributed by atoms with Crippen molar-refractivity contribution in [3.05, 3.63) is 105 Å². The van der Waals surface area contributed by atoms with Crippen molar-refractivity contribution in [1.29, 1.82) is 0 Å². The summed E-state index contributed by atoms with van der Waals surface area (Å²) in [7, 11) is 0. The molecular weight excluding hydrogens is 629 g/mol. The van der Waals surface area contributed by atoms with E-state index >= 15 is 0 Å². The Hall–Kier alpha value is -5.30. The number of carboxylic acids is 1. The highest BCUT2D eigenvalue weighted by atomic mass is 35.5. The molecule has 2 N–H and O–H groups in total. The first-order chi connectivity index (χ1) is 22.7. The van der Waals surface area contributed by atoms with Crippen LogP contribution in [0.2, 0.25) is 5.02 Å². The topological polar surface area (TPSA) is 142 Å². The van der Waals surface area contributed by atoms with Crippen molar-refractivity contribution >= 4 is 46.5 Å². The highest BCUT2D eigenvalue weighted by molar-refractivity contribution is 6.31. The van der Waals surface area contributed by atoms with Gasteiger partial charge in [0, 0.05) is 43.0 Å². The molecule has 0 aliphatic carbocycles. The summed E-state index contributed by atoms with van der Waals surface area (Å²) in [5, 5.41) is 24.6. The van der Waals surface area contributed by atoms with Crippen molar-refractivity contribution in [2.75, 3.05) is 23.3 Å². The van der Waals surface area contributed by atoms with E-state index in [1.54, 1.807) is 6.07 Å². The highest BCUT2D eigenvalue weighted by Crippen LogP contribution is 2.38. The molecule has 0 radical (unpaired) electrons. The number of amides is 2. The van der Waals surface area contributed by atoms with Crippen LogP contribution in [0.3, 0.4) is 0 Å². The molecule has 7 rings (SSSR count). The van der Waals surface area contributed by atoms with Gasteiger partial charge in [-0.25, -0.2) is 9.18 Å². The summed E-state index contributed by atoms with van der Waals surface area (Å²) in [4.78, 5) is 48.8. The average molecular weight is 658 g/mol.